The largest absolute Gasteiger partial charge is 0.430 e. The lowest BCUT2D eigenvalue weighted by atomic mass is 10.2. The SMILES string of the molecule is Cc1cc2c(o1)oc1oc(-c3cc4c(s3)sc3sc(C)cc34)cc12. The van der Waals surface area contributed by atoms with E-state index in [9.17, 15) is 0 Å². The molecule has 24 heavy (non-hydrogen) atoms. The molecule has 0 aliphatic carbocycles. The maximum atomic E-state index is 5.94. The van der Waals surface area contributed by atoms with Crippen molar-refractivity contribution < 1.29 is 13.3 Å². The molecule has 0 N–H and O–H groups in total. The predicted molar refractivity (Wildman–Crippen MR) is 102 cm³/mol. The summed E-state index contributed by atoms with van der Waals surface area (Å²) in [5.41, 5.74) is 0. The fourth-order valence-corrected chi connectivity index (χ4v) is 7.19. The van der Waals surface area contributed by atoms with Gasteiger partial charge >= 0.3 is 11.6 Å². The average Bonchev–Trinajstić information content (AvgIpc) is 3.26. The predicted octanol–water partition coefficient (Wildman–Crippen LogP) is 7.55. The Kier molecular flexibility index (Phi) is 2.40. The molecule has 0 fully saturated rings. The van der Waals surface area contributed by atoms with Crippen LogP contribution in [-0.4, -0.2) is 0 Å². The normalized spacial score (nSPS) is 12.6. The molecular weight excluding hydrogens is 360 g/mol. The van der Waals surface area contributed by atoms with E-state index in [4.69, 9.17) is 13.3 Å². The van der Waals surface area contributed by atoms with Crippen LogP contribution in [0.3, 0.4) is 0 Å². The fraction of sp³-hybridized carbons (Fsp3) is 0.111. The van der Waals surface area contributed by atoms with Crippen LogP contribution in [-0.2, 0) is 0 Å². The molecule has 118 valence electrons. The van der Waals surface area contributed by atoms with E-state index in [1.165, 1.54) is 23.7 Å². The van der Waals surface area contributed by atoms with Crippen molar-refractivity contribution in [2.45, 2.75) is 13.8 Å². The van der Waals surface area contributed by atoms with Crippen molar-refractivity contribution in [3.63, 3.8) is 0 Å². The zero-order valence-electron chi connectivity index (χ0n) is 12.8. The van der Waals surface area contributed by atoms with Crippen molar-refractivity contribution in [3.8, 4) is 10.6 Å². The van der Waals surface area contributed by atoms with Crippen LogP contribution in [0.4, 0.5) is 0 Å². The van der Waals surface area contributed by atoms with Crippen LogP contribution in [0.25, 0.3) is 51.8 Å². The molecule has 0 aliphatic rings. The molecule has 0 saturated heterocycles. The fourth-order valence-electron chi connectivity index (χ4n) is 3.20. The third-order valence-electron chi connectivity index (χ3n) is 4.23. The monoisotopic (exact) mass is 370 g/mol. The Morgan fingerprint density at radius 3 is 2.33 bits per heavy atom. The summed E-state index contributed by atoms with van der Waals surface area (Å²) < 4.78 is 19.9. The second-order valence-electron chi connectivity index (χ2n) is 5.94. The van der Waals surface area contributed by atoms with Gasteiger partial charge in [-0.15, -0.1) is 34.0 Å². The lowest BCUT2D eigenvalue weighted by molar-refractivity contribution is 0.438. The molecule has 0 saturated carbocycles. The van der Waals surface area contributed by atoms with Gasteiger partial charge in [-0.3, -0.25) is 0 Å². The first-order valence-corrected chi connectivity index (χ1v) is 9.96. The summed E-state index contributed by atoms with van der Waals surface area (Å²) in [4.78, 5) is 2.50. The van der Waals surface area contributed by atoms with Gasteiger partial charge in [0.2, 0.25) is 0 Å². The molecule has 6 rings (SSSR count). The molecule has 3 nitrogen and oxygen atoms in total. The van der Waals surface area contributed by atoms with Crippen molar-refractivity contribution in [1.82, 2.24) is 0 Å². The lowest BCUT2D eigenvalue weighted by Crippen LogP contribution is -1.62. The third kappa shape index (κ3) is 1.65. The van der Waals surface area contributed by atoms with Gasteiger partial charge in [-0.2, -0.15) is 0 Å². The Bertz CT molecular complexity index is 1270. The Hall–Kier alpha value is -2.02. The number of furan rings is 3. The maximum Gasteiger partial charge on any atom is 0.301 e. The van der Waals surface area contributed by atoms with Gasteiger partial charge in [0.1, 0.15) is 11.5 Å². The van der Waals surface area contributed by atoms with Crippen LogP contribution in [0.15, 0.2) is 37.5 Å². The summed E-state index contributed by atoms with van der Waals surface area (Å²) in [7, 11) is 0. The van der Waals surface area contributed by atoms with Crippen LogP contribution in [0.2, 0.25) is 0 Å². The van der Waals surface area contributed by atoms with E-state index in [2.05, 4.69) is 25.1 Å². The van der Waals surface area contributed by atoms with Gasteiger partial charge in [0.05, 0.1) is 23.7 Å². The van der Waals surface area contributed by atoms with Gasteiger partial charge in [0.25, 0.3) is 0 Å². The number of rotatable bonds is 1. The summed E-state index contributed by atoms with van der Waals surface area (Å²) >= 11 is 5.52. The molecule has 0 atom stereocenters. The summed E-state index contributed by atoms with van der Waals surface area (Å²) in [6, 6.07) is 8.56. The zero-order valence-corrected chi connectivity index (χ0v) is 15.2. The zero-order chi connectivity index (χ0) is 16.0. The minimum absolute atomic E-state index is 0.534. The molecule has 0 bridgehead atoms. The highest BCUT2D eigenvalue weighted by atomic mass is 32.2. The molecule has 0 spiro atoms. The Balaban J connectivity index is 1.58. The van der Waals surface area contributed by atoms with E-state index in [0.717, 1.165) is 27.2 Å². The topological polar surface area (TPSA) is 39.4 Å². The summed E-state index contributed by atoms with van der Waals surface area (Å²) in [6.07, 6.45) is 0. The summed E-state index contributed by atoms with van der Waals surface area (Å²) in [6.45, 7) is 4.08. The van der Waals surface area contributed by atoms with Crippen molar-refractivity contribution in [2.24, 2.45) is 0 Å². The average molecular weight is 370 g/mol. The molecule has 6 heteroatoms. The first-order chi connectivity index (χ1) is 11.7. The first kappa shape index (κ1) is 13.3. The van der Waals surface area contributed by atoms with Crippen LogP contribution in [0, 0.1) is 13.8 Å². The molecule has 0 unspecified atom stereocenters. The van der Waals surface area contributed by atoms with E-state index in [1.807, 2.05) is 35.7 Å². The number of thiophene rings is 3. The van der Waals surface area contributed by atoms with E-state index in [1.54, 1.807) is 11.3 Å². The second-order valence-corrected chi connectivity index (χ2v) is 9.79. The van der Waals surface area contributed by atoms with Crippen molar-refractivity contribution in [3.05, 3.63) is 34.9 Å². The number of aryl methyl sites for hydroxylation is 2. The van der Waals surface area contributed by atoms with E-state index in [0.29, 0.717) is 11.6 Å². The first-order valence-electron chi connectivity index (χ1n) is 7.51. The standard InChI is InChI=1S/C18H10O3S3/c1-7-3-9-10-5-13(20-16(10)21-15(9)19-7)14-6-12-11-4-8(2)22-17(11)24-18(12)23-14/h3-6H,1-2H3. The second kappa shape index (κ2) is 4.33. The van der Waals surface area contributed by atoms with Crippen LogP contribution >= 0.6 is 34.0 Å². The number of hydrogen-bond donors (Lipinski definition) is 0. The van der Waals surface area contributed by atoms with Crippen LogP contribution < -0.4 is 0 Å². The van der Waals surface area contributed by atoms with Gasteiger partial charge in [-0.25, -0.2) is 0 Å². The highest BCUT2D eigenvalue weighted by Crippen LogP contribution is 2.47. The maximum absolute atomic E-state index is 5.94. The molecule has 6 aromatic rings. The molecule has 6 heterocycles. The van der Waals surface area contributed by atoms with E-state index in [-0.39, 0.29) is 0 Å². The van der Waals surface area contributed by atoms with Crippen molar-refractivity contribution in [1.29, 1.82) is 0 Å². The molecule has 0 radical (unpaired) electrons. The molecular formula is C18H10O3S3. The minimum atomic E-state index is 0.534. The van der Waals surface area contributed by atoms with Crippen molar-refractivity contribution in [2.75, 3.05) is 0 Å². The quantitative estimate of drug-likeness (QED) is 0.300. The third-order valence-corrected chi connectivity index (χ3v) is 7.83. The van der Waals surface area contributed by atoms with Crippen molar-refractivity contribution >= 4 is 75.1 Å². The summed E-state index contributed by atoms with van der Waals surface area (Å²) in [5, 5.41) is 4.65. The minimum Gasteiger partial charge on any atom is -0.430 e. The number of hydrogen-bond acceptors (Lipinski definition) is 6. The van der Waals surface area contributed by atoms with Gasteiger partial charge in [0, 0.05) is 15.6 Å². The smallest absolute Gasteiger partial charge is 0.301 e. The molecule has 0 aliphatic heterocycles. The Labute approximate surface area is 147 Å². The van der Waals surface area contributed by atoms with Gasteiger partial charge in [0.15, 0.2) is 0 Å². The molecule has 6 aromatic heterocycles. The molecule has 0 aromatic carbocycles. The van der Waals surface area contributed by atoms with E-state index >= 15 is 0 Å². The Morgan fingerprint density at radius 2 is 1.42 bits per heavy atom. The molecule has 0 amide bonds. The van der Waals surface area contributed by atoms with Gasteiger partial charge < -0.3 is 13.3 Å². The van der Waals surface area contributed by atoms with Gasteiger partial charge in [-0.05, 0) is 38.1 Å². The highest BCUT2D eigenvalue weighted by molar-refractivity contribution is 7.49. The summed E-state index contributed by atoms with van der Waals surface area (Å²) in [5.74, 6) is 2.78. The van der Waals surface area contributed by atoms with Crippen LogP contribution in [0.5, 0.6) is 0 Å². The highest BCUT2D eigenvalue weighted by Gasteiger charge is 2.19. The van der Waals surface area contributed by atoms with E-state index < -0.39 is 0 Å². The lowest BCUT2D eigenvalue weighted by Gasteiger charge is -1.87. The number of fused-ring (bicyclic) bond motifs is 6. The Morgan fingerprint density at radius 1 is 0.667 bits per heavy atom. The van der Waals surface area contributed by atoms with Gasteiger partial charge in [-0.1, -0.05) is 0 Å². The van der Waals surface area contributed by atoms with Crippen LogP contribution in [0.1, 0.15) is 10.6 Å².